The molecule has 2 aromatic heterocycles. The minimum Gasteiger partial charge on any atom is -0.464 e. The molecule has 1 amide bonds. The molecule has 0 radical (unpaired) electrons. The Morgan fingerprint density at radius 3 is 2.35 bits per heavy atom. The van der Waals surface area contributed by atoms with E-state index in [2.05, 4.69) is 10.3 Å². The van der Waals surface area contributed by atoms with Crippen LogP contribution in [0.5, 0.6) is 0 Å². The third kappa shape index (κ3) is 4.48. The lowest BCUT2D eigenvalue weighted by Gasteiger charge is -2.16. The molecule has 0 bridgehead atoms. The molecule has 0 fully saturated rings. The van der Waals surface area contributed by atoms with Crippen molar-refractivity contribution in [3.05, 3.63) is 28.3 Å². The number of carbonyl (C=O) groups is 3. The summed E-state index contributed by atoms with van der Waals surface area (Å²) in [6, 6.07) is 0.138. The molecule has 9 heteroatoms. The maximum atomic E-state index is 12.6. The topological polar surface area (TPSA) is 99.5 Å². The lowest BCUT2D eigenvalue weighted by molar-refractivity contribution is -0.157. The second kappa shape index (κ2) is 8.61. The van der Waals surface area contributed by atoms with E-state index in [0.717, 1.165) is 16.3 Å². The minimum absolute atomic E-state index is 0.0854. The maximum Gasteiger partial charge on any atom is 0.340 e. The van der Waals surface area contributed by atoms with Gasteiger partial charge in [0.05, 0.1) is 23.9 Å². The first-order valence-corrected chi connectivity index (χ1v) is 8.98. The zero-order valence-electron chi connectivity index (χ0n) is 15.1. The first-order chi connectivity index (χ1) is 12.4. The Labute approximate surface area is 155 Å². The Balaban J connectivity index is 2.22. The van der Waals surface area contributed by atoms with Crippen molar-refractivity contribution in [3.8, 4) is 11.3 Å². The van der Waals surface area contributed by atoms with Crippen molar-refractivity contribution in [1.82, 2.24) is 14.9 Å². The van der Waals surface area contributed by atoms with Crippen LogP contribution in [0.15, 0.2) is 17.6 Å². The standard InChI is InChI=1S/C17H21N3O5S/c1-5-24-16(22)14(17(23)25-6-2)19-15(21)13-7-11(8-20(13)4)12-9-26-10(3)18-12/h7-9,14H,5-6H2,1-4H3,(H,19,21). The number of nitrogens with zero attached hydrogens (tertiary/aromatic N) is 2. The molecular weight excluding hydrogens is 358 g/mol. The van der Waals surface area contributed by atoms with Crippen LogP contribution < -0.4 is 5.32 Å². The minimum atomic E-state index is -1.51. The number of carbonyl (C=O) groups excluding carboxylic acids is 3. The number of ether oxygens (including phenoxy) is 2. The van der Waals surface area contributed by atoms with Crippen LogP contribution in [0.4, 0.5) is 0 Å². The summed E-state index contributed by atoms with van der Waals surface area (Å²) in [6.45, 7) is 5.29. The number of amides is 1. The number of esters is 2. The van der Waals surface area contributed by atoms with Crippen molar-refractivity contribution in [2.45, 2.75) is 26.8 Å². The van der Waals surface area contributed by atoms with Crippen LogP contribution in [0, 0.1) is 6.92 Å². The Kier molecular flexibility index (Phi) is 6.51. The predicted octanol–water partition coefficient (Wildman–Crippen LogP) is 1.68. The van der Waals surface area contributed by atoms with Gasteiger partial charge < -0.3 is 19.4 Å². The number of hydrogen-bond donors (Lipinski definition) is 1. The first kappa shape index (κ1) is 19.6. The summed E-state index contributed by atoms with van der Waals surface area (Å²) >= 11 is 1.51. The molecule has 0 aromatic carbocycles. The van der Waals surface area contributed by atoms with E-state index in [0.29, 0.717) is 0 Å². The highest BCUT2D eigenvalue weighted by Gasteiger charge is 2.32. The van der Waals surface area contributed by atoms with Crippen molar-refractivity contribution in [2.75, 3.05) is 13.2 Å². The van der Waals surface area contributed by atoms with Crippen molar-refractivity contribution in [1.29, 1.82) is 0 Å². The summed E-state index contributed by atoms with van der Waals surface area (Å²) < 4.78 is 11.3. The van der Waals surface area contributed by atoms with E-state index in [4.69, 9.17) is 9.47 Å². The number of thiazole rings is 1. The fourth-order valence-electron chi connectivity index (χ4n) is 2.30. The zero-order valence-corrected chi connectivity index (χ0v) is 15.9. The van der Waals surface area contributed by atoms with Crippen LogP contribution in [-0.4, -0.2) is 46.7 Å². The molecule has 0 atom stereocenters. The molecule has 0 saturated carbocycles. The van der Waals surface area contributed by atoms with Gasteiger partial charge in [-0.1, -0.05) is 0 Å². The number of aromatic nitrogens is 2. The van der Waals surface area contributed by atoms with E-state index in [1.807, 2.05) is 12.3 Å². The SMILES string of the molecule is CCOC(=O)C(NC(=O)c1cc(-c2csc(C)n2)cn1C)C(=O)OCC. The van der Waals surface area contributed by atoms with E-state index in [1.54, 1.807) is 37.7 Å². The van der Waals surface area contributed by atoms with Gasteiger partial charge in [0, 0.05) is 24.2 Å². The molecule has 8 nitrogen and oxygen atoms in total. The van der Waals surface area contributed by atoms with E-state index in [-0.39, 0.29) is 18.9 Å². The maximum absolute atomic E-state index is 12.6. The van der Waals surface area contributed by atoms with Gasteiger partial charge in [-0.25, -0.2) is 14.6 Å². The molecule has 1 N–H and O–H groups in total. The summed E-state index contributed by atoms with van der Waals surface area (Å²) in [5.41, 5.74) is 1.81. The molecule has 26 heavy (non-hydrogen) atoms. The number of nitrogens with one attached hydrogen (secondary N) is 1. The third-order valence-electron chi connectivity index (χ3n) is 3.47. The Morgan fingerprint density at radius 1 is 1.23 bits per heavy atom. The van der Waals surface area contributed by atoms with Crippen LogP contribution in [0.3, 0.4) is 0 Å². The molecule has 2 aromatic rings. The summed E-state index contributed by atoms with van der Waals surface area (Å²) in [5, 5.41) is 5.20. The first-order valence-electron chi connectivity index (χ1n) is 8.10. The van der Waals surface area contributed by atoms with E-state index in [9.17, 15) is 14.4 Å². The molecule has 0 aliphatic carbocycles. The van der Waals surface area contributed by atoms with E-state index < -0.39 is 23.9 Å². The highest BCUT2D eigenvalue weighted by atomic mass is 32.1. The summed E-state index contributed by atoms with van der Waals surface area (Å²) in [6.07, 6.45) is 1.76. The van der Waals surface area contributed by atoms with Crippen molar-refractivity contribution >= 4 is 29.2 Å². The molecule has 0 unspecified atom stereocenters. The summed E-state index contributed by atoms with van der Waals surface area (Å²) in [5.74, 6) is -2.30. The normalized spacial score (nSPS) is 10.7. The van der Waals surface area contributed by atoms with Gasteiger partial charge in [-0.3, -0.25) is 4.79 Å². The molecular formula is C17H21N3O5S. The second-order valence-electron chi connectivity index (χ2n) is 5.39. The van der Waals surface area contributed by atoms with Crippen LogP contribution in [0.2, 0.25) is 0 Å². The van der Waals surface area contributed by atoms with Crippen LogP contribution in [0.25, 0.3) is 11.3 Å². The molecule has 0 aliphatic heterocycles. The molecule has 0 aliphatic rings. The smallest absolute Gasteiger partial charge is 0.340 e. The largest absolute Gasteiger partial charge is 0.464 e. The number of rotatable bonds is 7. The summed E-state index contributed by atoms with van der Waals surface area (Å²) in [7, 11) is 1.70. The van der Waals surface area contributed by atoms with E-state index >= 15 is 0 Å². The van der Waals surface area contributed by atoms with Crippen LogP contribution >= 0.6 is 11.3 Å². The van der Waals surface area contributed by atoms with Gasteiger partial charge in [0.15, 0.2) is 0 Å². The Bertz CT molecular complexity index is 793. The van der Waals surface area contributed by atoms with Crippen molar-refractivity contribution < 1.29 is 23.9 Å². The highest BCUT2D eigenvalue weighted by molar-refractivity contribution is 7.09. The van der Waals surface area contributed by atoms with Gasteiger partial charge in [0.25, 0.3) is 5.91 Å². The average molecular weight is 379 g/mol. The highest BCUT2D eigenvalue weighted by Crippen LogP contribution is 2.23. The predicted molar refractivity (Wildman–Crippen MR) is 95.8 cm³/mol. The Morgan fingerprint density at radius 2 is 1.85 bits per heavy atom. The second-order valence-corrected chi connectivity index (χ2v) is 6.45. The molecule has 0 saturated heterocycles. The fourth-order valence-corrected chi connectivity index (χ4v) is 2.92. The number of aryl methyl sites for hydroxylation is 2. The van der Waals surface area contributed by atoms with Gasteiger partial charge in [0.1, 0.15) is 5.69 Å². The van der Waals surface area contributed by atoms with Gasteiger partial charge in [-0.15, -0.1) is 11.3 Å². The van der Waals surface area contributed by atoms with Gasteiger partial charge in [-0.05, 0) is 26.8 Å². The molecule has 0 spiro atoms. The van der Waals surface area contributed by atoms with Gasteiger partial charge in [0.2, 0.25) is 6.04 Å². The molecule has 2 heterocycles. The average Bonchev–Trinajstić information content (AvgIpc) is 3.18. The lowest BCUT2D eigenvalue weighted by Crippen LogP contribution is -2.48. The number of hydrogen-bond acceptors (Lipinski definition) is 7. The third-order valence-corrected chi connectivity index (χ3v) is 4.25. The quantitative estimate of drug-likeness (QED) is 0.580. The van der Waals surface area contributed by atoms with E-state index in [1.165, 1.54) is 11.3 Å². The fraction of sp³-hybridized carbons (Fsp3) is 0.412. The molecule has 140 valence electrons. The summed E-state index contributed by atoms with van der Waals surface area (Å²) in [4.78, 5) is 40.9. The zero-order chi connectivity index (χ0) is 19.3. The Hall–Kier alpha value is -2.68. The van der Waals surface area contributed by atoms with Crippen molar-refractivity contribution in [2.24, 2.45) is 7.05 Å². The van der Waals surface area contributed by atoms with Crippen molar-refractivity contribution in [3.63, 3.8) is 0 Å². The van der Waals surface area contributed by atoms with Gasteiger partial charge >= 0.3 is 11.9 Å². The van der Waals surface area contributed by atoms with Crippen LogP contribution in [0.1, 0.15) is 29.3 Å². The lowest BCUT2D eigenvalue weighted by atomic mass is 10.2. The monoisotopic (exact) mass is 379 g/mol. The molecule has 2 rings (SSSR count). The van der Waals surface area contributed by atoms with Gasteiger partial charge in [-0.2, -0.15) is 0 Å². The van der Waals surface area contributed by atoms with Crippen LogP contribution in [-0.2, 0) is 26.1 Å².